The Hall–Kier alpha value is -1.29. The molecule has 0 saturated carbocycles. The van der Waals surface area contributed by atoms with Crippen LogP contribution in [0.4, 0.5) is 26.3 Å². The van der Waals surface area contributed by atoms with Crippen LogP contribution in [-0.4, -0.2) is 25.8 Å². The number of piperidine rings is 1. The van der Waals surface area contributed by atoms with Gasteiger partial charge >= 0.3 is 12.4 Å². The first-order valence-electron chi connectivity index (χ1n) is 7.12. The molecule has 1 saturated heterocycles. The van der Waals surface area contributed by atoms with Gasteiger partial charge < -0.3 is 0 Å². The first-order valence-corrected chi connectivity index (χ1v) is 8.56. The lowest BCUT2D eigenvalue weighted by atomic mass is 10.0. The van der Waals surface area contributed by atoms with E-state index in [0.717, 1.165) is 4.31 Å². The Morgan fingerprint density at radius 2 is 1.54 bits per heavy atom. The maximum absolute atomic E-state index is 13.1. The van der Waals surface area contributed by atoms with E-state index in [4.69, 9.17) is 0 Å². The molecule has 0 N–H and O–H groups in total. The number of nitrogens with zero attached hydrogens (tertiary/aromatic N) is 1. The molecule has 0 spiro atoms. The summed E-state index contributed by atoms with van der Waals surface area (Å²) in [5.74, 6) is 0.208. The van der Waals surface area contributed by atoms with Crippen molar-refractivity contribution in [3.8, 4) is 0 Å². The molecular formula is C14H15F6NO2S. The fraction of sp³-hybridized carbons (Fsp3) is 0.571. The van der Waals surface area contributed by atoms with E-state index < -0.39 is 38.4 Å². The van der Waals surface area contributed by atoms with Crippen molar-refractivity contribution in [2.75, 3.05) is 13.1 Å². The lowest BCUT2D eigenvalue weighted by Crippen LogP contribution is -2.38. The highest BCUT2D eigenvalue weighted by Gasteiger charge is 2.42. The van der Waals surface area contributed by atoms with Crippen LogP contribution in [0.5, 0.6) is 0 Å². The van der Waals surface area contributed by atoms with Gasteiger partial charge in [0.05, 0.1) is 16.0 Å². The third-order valence-corrected chi connectivity index (χ3v) is 5.91. The van der Waals surface area contributed by atoms with Crippen LogP contribution in [0.1, 0.15) is 30.9 Å². The van der Waals surface area contributed by atoms with Crippen LogP contribution in [0.3, 0.4) is 0 Å². The largest absolute Gasteiger partial charge is 0.417 e. The van der Waals surface area contributed by atoms with Crippen LogP contribution in [0, 0.1) is 5.92 Å². The Labute approximate surface area is 135 Å². The number of hydrogen-bond acceptors (Lipinski definition) is 2. The molecule has 0 radical (unpaired) electrons. The molecular weight excluding hydrogens is 360 g/mol. The number of sulfonamides is 1. The zero-order valence-corrected chi connectivity index (χ0v) is 13.4. The minimum Gasteiger partial charge on any atom is -0.207 e. The summed E-state index contributed by atoms with van der Waals surface area (Å²) in [5.41, 5.74) is -3.02. The Morgan fingerprint density at radius 3 is 2.00 bits per heavy atom. The van der Waals surface area contributed by atoms with Crippen molar-refractivity contribution in [1.82, 2.24) is 4.31 Å². The van der Waals surface area contributed by atoms with Crippen molar-refractivity contribution in [2.24, 2.45) is 5.92 Å². The Balaban J connectivity index is 2.57. The van der Waals surface area contributed by atoms with Gasteiger partial charge in [0.15, 0.2) is 0 Å². The van der Waals surface area contributed by atoms with Crippen LogP contribution in [0.2, 0.25) is 0 Å². The van der Waals surface area contributed by atoms with Gasteiger partial charge in [0, 0.05) is 13.1 Å². The highest BCUT2D eigenvalue weighted by molar-refractivity contribution is 7.89. The van der Waals surface area contributed by atoms with E-state index in [2.05, 4.69) is 0 Å². The quantitative estimate of drug-likeness (QED) is 0.729. The zero-order valence-electron chi connectivity index (χ0n) is 12.6. The Kier molecular flexibility index (Phi) is 4.93. The first kappa shape index (κ1) is 19.0. The van der Waals surface area contributed by atoms with Crippen LogP contribution in [0.25, 0.3) is 0 Å². The van der Waals surface area contributed by atoms with E-state index in [0.29, 0.717) is 12.8 Å². The van der Waals surface area contributed by atoms with Crippen molar-refractivity contribution in [1.29, 1.82) is 0 Å². The van der Waals surface area contributed by atoms with Gasteiger partial charge in [-0.2, -0.15) is 30.6 Å². The summed E-state index contributed by atoms with van der Waals surface area (Å²) in [6.45, 7) is 1.84. The molecule has 2 rings (SSSR count). The number of benzene rings is 1. The molecule has 24 heavy (non-hydrogen) atoms. The smallest absolute Gasteiger partial charge is 0.207 e. The van der Waals surface area contributed by atoms with E-state index in [1.165, 1.54) is 0 Å². The van der Waals surface area contributed by atoms with Gasteiger partial charge in [-0.25, -0.2) is 8.42 Å². The lowest BCUT2D eigenvalue weighted by Gasteiger charge is -2.30. The SMILES string of the molecule is CC1CCN(S(=O)(=O)c2cc(C(F)(F)F)ccc2C(F)(F)F)CC1. The summed E-state index contributed by atoms with van der Waals surface area (Å²) in [7, 11) is -4.67. The maximum Gasteiger partial charge on any atom is 0.417 e. The second-order valence-electron chi connectivity index (χ2n) is 5.79. The summed E-state index contributed by atoms with van der Waals surface area (Å²) >= 11 is 0. The summed E-state index contributed by atoms with van der Waals surface area (Å²) in [5, 5.41) is 0. The predicted molar refractivity (Wildman–Crippen MR) is 73.6 cm³/mol. The standard InChI is InChI=1S/C14H15F6NO2S/c1-9-4-6-21(7-5-9)24(22,23)12-8-10(13(15,16)17)2-3-11(12)14(18,19)20/h2-3,8-9H,4-7H2,1H3. The third kappa shape index (κ3) is 3.85. The molecule has 3 nitrogen and oxygen atoms in total. The van der Waals surface area contributed by atoms with Gasteiger partial charge in [0.1, 0.15) is 0 Å². The molecule has 1 aromatic carbocycles. The van der Waals surface area contributed by atoms with Crippen molar-refractivity contribution in [2.45, 2.75) is 37.0 Å². The first-order chi connectivity index (χ1) is 10.8. The van der Waals surface area contributed by atoms with Crippen molar-refractivity contribution in [3.05, 3.63) is 29.3 Å². The molecule has 1 aliphatic rings. The minimum atomic E-state index is -5.07. The van der Waals surface area contributed by atoms with Gasteiger partial charge in [0.25, 0.3) is 0 Å². The van der Waals surface area contributed by atoms with Crippen molar-refractivity contribution < 1.29 is 34.8 Å². The topological polar surface area (TPSA) is 37.4 Å². The second kappa shape index (κ2) is 6.21. The highest BCUT2D eigenvalue weighted by atomic mass is 32.2. The summed E-state index contributed by atoms with van der Waals surface area (Å²) in [6, 6.07) is 0.471. The number of hydrogen-bond donors (Lipinski definition) is 0. The zero-order chi connectivity index (χ0) is 18.3. The van der Waals surface area contributed by atoms with Crippen LogP contribution < -0.4 is 0 Å². The van der Waals surface area contributed by atoms with Gasteiger partial charge in [0.2, 0.25) is 10.0 Å². The number of rotatable bonds is 2. The fourth-order valence-electron chi connectivity index (χ4n) is 2.51. The van der Waals surface area contributed by atoms with Gasteiger partial charge in [-0.1, -0.05) is 6.92 Å². The van der Waals surface area contributed by atoms with Crippen LogP contribution >= 0.6 is 0 Å². The van der Waals surface area contributed by atoms with Gasteiger partial charge in [-0.05, 0) is 37.0 Å². The lowest BCUT2D eigenvalue weighted by molar-refractivity contribution is -0.143. The summed E-state index contributed by atoms with van der Waals surface area (Å²) < 4.78 is 103. The summed E-state index contributed by atoms with van der Waals surface area (Å²) in [4.78, 5) is -1.35. The molecule has 0 unspecified atom stereocenters. The molecule has 0 atom stereocenters. The molecule has 0 aromatic heterocycles. The van der Waals surface area contributed by atoms with Crippen molar-refractivity contribution in [3.63, 3.8) is 0 Å². The normalized spacial score (nSPS) is 18.8. The number of halogens is 6. The maximum atomic E-state index is 13.1. The van der Waals surface area contributed by atoms with Crippen LogP contribution in [0.15, 0.2) is 23.1 Å². The molecule has 1 heterocycles. The molecule has 0 aliphatic carbocycles. The monoisotopic (exact) mass is 375 g/mol. The summed E-state index contributed by atoms with van der Waals surface area (Å²) in [6.07, 6.45) is -9.13. The number of alkyl halides is 6. The van der Waals surface area contributed by atoms with E-state index in [1.807, 2.05) is 6.92 Å². The molecule has 136 valence electrons. The fourth-order valence-corrected chi connectivity index (χ4v) is 4.22. The Morgan fingerprint density at radius 1 is 1.00 bits per heavy atom. The van der Waals surface area contributed by atoms with E-state index in [9.17, 15) is 34.8 Å². The molecule has 0 amide bonds. The minimum absolute atomic E-state index is 0.0168. The van der Waals surface area contributed by atoms with E-state index in [-0.39, 0.29) is 37.2 Å². The third-order valence-electron chi connectivity index (χ3n) is 3.97. The molecule has 1 aliphatic heterocycles. The molecule has 1 fully saturated rings. The van der Waals surface area contributed by atoms with Crippen molar-refractivity contribution >= 4 is 10.0 Å². The molecule has 10 heteroatoms. The predicted octanol–water partition coefficient (Wildman–Crippen LogP) is 4.14. The van der Waals surface area contributed by atoms with E-state index >= 15 is 0 Å². The Bertz CT molecular complexity index is 703. The van der Waals surface area contributed by atoms with E-state index in [1.54, 1.807) is 0 Å². The average Bonchev–Trinajstić information content (AvgIpc) is 2.45. The van der Waals surface area contributed by atoms with Gasteiger partial charge in [-0.3, -0.25) is 0 Å². The highest BCUT2D eigenvalue weighted by Crippen LogP contribution is 2.39. The van der Waals surface area contributed by atoms with Crippen LogP contribution in [-0.2, 0) is 22.4 Å². The second-order valence-corrected chi connectivity index (χ2v) is 7.70. The average molecular weight is 375 g/mol. The van der Waals surface area contributed by atoms with Gasteiger partial charge in [-0.15, -0.1) is 0 Å². The molecule has 0 bridgehead atoms. The molecule has 1 aromatic rings.